The Labute approximate surface area is 97.6 Å². The standard InChI is InChI=1S/C11H11NO5/c1-8(11(13)16-2)7-17-10-5-3-9(4-6-10)12(14)15/h3-7H,1-2H3. The van der Waals surface area contributed by atoms with Crippen LogP contribution >= 0.6 is 0 Å². The maximum Gasteiger partial charge on any atom is 0.336 e. The van der Waals surface area contributed by atoms with Crippen LogP contribution in [0.2, 0.25) is 0 Å². The summed E-state index contributed by atoms with van der Waals surface area (Å²) in [6.07, 6.45) is 1.23. The number of non-ortho nitro benzene ring substituents is 1. The molecule has 1 aromatic rings. The zero-order chi connectivity index (χ0) is 12.8. The van der Waals surface area contributed by atoms with Crippen LogP contribution in [-0.4, -0.2) is 18.0 Å². The quantitative estimate of drug-likeness (QED) is 0.263. The van der Waals surface area contributed by atoms with E-state index in [-0.39, 0.29) is 5.69 Å². The number of carbonyl (C=O) groups excluding carboxylic acids is 1. The van der Waals surface area contributed by atoms with Crippen LogP contribution < -0.4 is 4.74 Å². The van der Waals surface area contributed by atoms with Crippen molar-refractivity contribution in [1.29, 1.82) is 0 Å². The summed E-state index contributed by atoms with van der Waals surface area (Å²) < 4.78 is 9.61. The molecule has 6 heteroatoms. The van der Waals surface area contributed by atoms with Crippen LogP contribution in [0.3, 0.4) is 0 Å². The molecule has 0 fully saturated rings. The van der Waals surface area contributed by atoms with Crippen LogP contribution in [0.5, 0.6) is 5.75 Å². The fourth-order valence-corrected chi connectivity index (χ4v) is 1.01. The molecule has 0 radical (unpaired) electrons. The molecule has 0 bridgehead atoms. The molecule has 17 heavy (non-hydrogen) atoms. The molecule has 0 atom stereocenters. The Bertz CT molecular complexity index is 449. The maximum atomic E-state index is 11.0. The van der Waals surface area contributed by atoms with Gasteiger partial charge >= 0.3 is 5.97 Å². The summed E-state index contributed by atoms with van der Waals surface area (Å²) in [6, 6.07) is 5.52. The molecule has 0 aliphatic rings. The first kappa shape index (κ1) is 12.7. The van der Waals surface area contributed by atoms with E-state index in [1.807, 2.05) is 0 Å². The van der Waals surface area contributed by atoms with Crippen molar-refractivity contribution in [3.8, 4) is 5.75 Å². The number of methoxy groups -OCH3 is 1. The van der Waals surface area contributed by atoms with E-state index in [1.165, 1.54) is 44.6 Å². The minimum Gasteiger partial charge on any atom is -0.466 e. The molecule has 90 valence electrons. The molecule has 0 amide bonds. The number of benzene rings is 1. The molecule has 0 spiro atoms. The summed E-state index contributed by atoms with van der Waals surface area (Å²) in [5.41, 5.74) is 0.275. The second kappa shape index (κ2) is 5.64. The molecule has 0 heterocycles. The van der Waals surface area contributed by atoms with E-state index in [9.17, 15) is 14.9 Å². The van der Waals surface area contributed by atoms with Gasteiger partial charge in [0.1, 0.15) is 12.0 Å². The van der Waals surface area contributed by atoms with Crippen LogP contribution in [0.1, 0.15) is 6.92 Å². The number of rotatable bonds is 4. The minimum absolute atomic E-state index is 0.0222. The number of nitro groups is 1. The zero-order valence-electron chi connectivity index (χ0n) is 9.38. The SMILES string of the molecule is COC(=O)C(C)=COc1ccc([N+](=O)[O-])cc1. The van der Waals surface area contributed by atoms with Gasteiger partial charge in [0.25, 0.3) is 5.69 Å². The zero-order valence-corrected chi connectivity index (χ0v) is 9.38. The van der Waals surface area contributed by atoms with Gasteiger partial charge in [-0.1, -0.05) is 0 Å². The second-order valence-corrected chi connectivity index (χ2v) is 3.16. The molecule has 0 unspecified atom stereocenters. The molecular weight excluding hydrogens is 226 g/mol. The maximum absolute atomic E-state index is 11.0. The van der Waals surface area contributed by atoms with E-state index >= 15 is 0 Å². The molecule has 1 rings (SSSR count). The third-order valence-corrected chi connectivity index (χ3v) is 1.93. The van der Waals surface area contributed by atoms with E-state index < -0.39 is 10.9 Å². The lowest BCUT2D eigenvalue weighted by Gasteiger charge is -2.01. The summed E-state index contributed by atoms with van der Waals surface area (Å²) in [5, 5.41) is 10.4. The molecule has 0 saturated carbocycles. The van der Waals surface area contributed by atoms with Crippen LogP contribution in [0.4, 0.5) is 5.69 Å². The summed E-state index contributed by atoms with van der Waals surface area (Å²) in [7, 11) is 1.27. The van der Waals surface area contributed by atoms with Gasteiger partial charge in [-0.05, 0) is 19.1 Å². The number of ether oxygens (including phenoxy) is 2. The van der Waals surface area contributed by atoms with E-state index in [4.69, 9.17) is 4.74 Å². The molecule has 0 aliphatic heterocycles. The van der Waals surface area contributed by atoms with Gasteiger partial charge in [0.2, 0.25) is 0 Å². The van der Waals surface area contributed by atoms with Gasteiger partial charge in [-0.25, -0.2) is 4.79 Å². The van der Waals surface area contributed by atoms with Crippen LogP contribution in [0, 0.1) is 10.1 Å². The van der Waals surface area contributed by atoms with E-state index in [2.05, 4.69) is 4.74 Å². The molecule has 0 aliphatic carbocycles. The minimum atomic E-state index is -0.501. The highest BCUT2D eigenvalue weighted by atomic mass is 16.6. The van der Waals surface area contributed by atoms with Gasteiger partial charge in [-0.3, -0.25) is 10.1 Å². The van der Waals surface area contributed by atoms with Crippen molar-refractivity contribution >= 4 is 11.7 Å². The first-order valence-electron chi connectivity index (χ1n) is 4.71. The Balaban J connectivity index is 2.70. The first-order valence-corrected chi connectivity index (χ1v) is 4.71. The Morgan fingerprint density at radius 3 is 2.41 bits per heavy atom. The molecule has 0 N–H and O–H groups in total. The van der Waals surface area contributed by atoms with Gasteiger partial charge in [-0.15, -0.1) is 0 Å². The van der Waals surface area contributed by atoms with Gasteiger partial charge in [0.05, 0.1) is 17.6 Å². The van der Waals surface area contributed by atoms with E-state index in [0.717, 1.165) is 0 Å². The monoisotopic (exact) mass is 237 g/mol. The Kier molecular flexibility index (Phi) is 4.21. The van der Waals surface area contributed by atoms with E-state index in [0.29, 0.717) is 11.3 Å². The summed E-state index contributed by atoms with van der Waals surface area (Å²) in [5.74, 6) is -0.0919. The van der Waals surface area contributed by atoms with Gasteiger partial charge in [-0.2, -0.15) is 0 Å². The average Bonchev–Trinajstić information content (AvgIpc) is 2.35. The van der Waals surface area contributed by atoms with Crippen molar-refractivity contribution in [1.82, 2.24) is 0 Å². The van der Waals surface area contributed by atoms with Crippen molar-refractivity contribution in [2.75, 3.05) is 7.11 Å². The fraction of sp³-hybridized carbons (Fsp3) is 0.182. The topological polar surface area (TPSA) is 78.7 Å². The highest BCUT2D eigenvalue weighted by Gasteiger charge is 2.05. The number of hydrogen-bond donors (Lipinski definition) is 0. The number of esters is 1. The highest BCUT2D eigenvalue weighted by molar-refractivity contribution is 5.87. The Morgan fingerprint density at radius 1 is 1.35 bits per heavy atom. The predicted molar refractivity (Wildman–Crippen MR) is 59.5 cm³/mol. The third-order valence-electron chi connectivity index (χ3n) is 1.93. The van der Waals surface area contributed by atoms with Gasteiger partial charge in [0.15, 0.2) is 0 Å². The smallest absolute Gasteiger partial charge is 0.336 e. The number of carbonyl (C=O) groups is 1. The lowest BCUT2D eigenvalue weighted by molar-refractivity contribution is -0.384. The van der Waals surface area contributed by atoms with Gasteiger partial charge in [0, 0.05) is 12.1 Å². The normalized spacial score (nSPS) is 10.8. The summed E-state index contributed by atoms with van der Waals surface area (Å²) in [4.78, 5) is 20.9. The fourth-order valence-electron chi connectivity index (χ4n) is 1.01. The largest absolute Gasteiger partial charge is 0.466 e. The molecule has 6 nitrogen and oxygen atoms in total. The molecular formula is C11H11NO5. The van der Waals surface area contributed by atoms with Crippen LogP contribution in [0.25, 0.3) is 0 Å². The van der Waals surface area contributed by atoms with Gasteiger partial charge < -0.3 is 9.47 Å². The van der Waals surface area contributed by atoms with Crippen molar-refractivity contribution < 1.29 is 19.2 Å². The second-order valence-electron chi connectivity index (χ2n) is 3.16. The predicted octanol–water partition coefficient (Wildman–Crippen LogP) is 2.05. The molecule has 0 aromatic heterocycles. The lowest BCUT2D eigenvalue weighted by atomic mass is 10.3. The van der Waals surface area contributed by atoms with Crippen molar-refractivity contribution in [2.45, 2.75) is 6.92 Å². The van der Waals surface area contributed by atoms with Crippen LogP contribution in [0.15, 0.2) is 36.1 Å². The van der Waals surface area contributed by atoms with E-state index in [1.54, 1.807) is 0 Å². The molecule has 1 aromatic carbocycles. The third kappa shape index (κ3) is 3.60. The average molecular weight is 237 g/mol. The summed E-state index contributed by atoms with van der Waals surface area (Å²) >= 11 is 0. The van der Waals surface area contributed by atoms with Crippen molar-refractivity contribution in [3.63, 3.8) is 0 Å². The molecule has 0 saturated heterocycles. The van der Waals surface area contributed by atoms with Crippen molar-refractivity contribution in [2.24, 2.45) is 0 Å². The summed E-state index contributed by atoms with van der Waals surface area (Å²) in [6.45, 7) is 1.54. The number of hydrogen-bond acceptors (Lipinski definition) is 5. The highest BCUT2D eigenvalue weighted by Crippen LogP contribution is 2.17. The Morgan fingerprint density at radius 2 is 1.94 bits per heavy atom. The number of nitrogens with zero attached hydrogens (tertiary/aromatic N) is 1. The number of nitro benzene ring substituents is 1. The van der Waals surface area contributed by atoms with Crippen LogP contribution in [-0.2, 0) is 9.53 Å². The van der Waals surface area contributed by atoms with Crippen molar-refractivity contribution in [3.05, 3.63) is 46.2 Å². The lowest BCUT2D eigenvalue weighted by Crippen LogP contribution is -2.02. The first-order chi connectivity index (χ1) is 8.04. The Hall–Kier alpha value is -2.37.